The molecule has 0 aliphatic carbocycles. The Morgan fingerprint density at radius 2 is 2.25 bits per heavy atom. The fraction of sp³-hybridized carbons (Fsp3) is 0.643. The van der Waals surface area contributed by atoms with Gasteiger partial charge in [-0.2, -0.15) is 0 Å². The Morgan fingerprint density at radius 3 is 2.70 bits per heavy atom. The Morgan fingerprint density at radius 1 is 1.50 bits per heavy atom. The number of aromatic nitrogens is 1. The van der Waals surface area contributed by atoms with Crippen molar-refractivity contribution in [1.82, 2.24) is 10.3 Å². The summed E-state index contributed by atoms with van der Waals surface area (Å²) in [6.45, 7) is 2.12. The number of anilines is 1. The molecule has 6 heteroatoms. The van der Waals surface area contributed by atoms with Gasteiger partial charge in [0.1, 0.15) is 0 Å². The van der Waals surface area contributed by atoms with Crippen molar-refractivity contribution in [3.63, 3.8) is 0 Å². The highest BCUT2D eigenvalue weighted by molar-refractivity contribution is 7.91. The van der Waals surface area contributed by atoms with E-state index >= 15 is 0 Å². The van der Waals surface area contributed by atoms with Crippen molar-refractivity contribution in [2.45, 2.75) is 31.8 Å². The van der Waals surface area contributed by atoms with E-state index in [0.29, 0.717) is 12.2 Å². The lowest BCUT2D eigenvalue weighted by atomic mass is 10.1. The third kappa shape index (κ3) is 3.30. The molecule has 1 aromatic rings. The lowest BCUT2D eigenvalue weighted by molar-refractivity contribution is 0.561. The molecule has 2 heterocycles. The van der Waals surface area contributed by atoms with E-state index in [4.69, 9.17) is 0 Å². The molecule has 0 amide bonds. The summed E-state index contributed by atoms with van der Waals surface area (Å²) < 4.78 is 23.1. The van der Waals surface area contributed by atoms with Crippen molar-refractivity contribution in [2.75, 3.05) is 30.5 Å². The van der Waals surface area contributed by atoms with E-state index < -0.39 is 9.84 Å². The first kappa shape index (κ1) is 15.3. The first-order valence-electron chi connectivity index (χ1n) is 7.03. The van der Waals surface area contributed by atoms with Crippen LogP contribution in [0.5, 0.6) is 0 Å². The Hall–Kier alpha value is -1.14. The number of nitrogens with zero attached hydrogens (tertiary/aromatic N) is 2. The summed E-state index contributed by atoms with van der Waals surface area (Å²) in [7, 11) is 1.02. The van der Waals surface area contributed by atoms with Gasteiger partial charge in [0.05, 0.1) is 29.1 Å². The summed E-state index contributed by atoms with van der Waals surface area (Å²) in [6.07, 6.45) is 3.52. The molecule has 1 saturated heterocycles. The van der Waals surface area contributed by atoms with Crippen LogP contribution in [0.3, 0.4) is 0 Å². The molecule has 0 bridgehead atoms. The van der Waals surface area contributed by atoms with Crippen LogP contribution in [0.15, 0.2) is 18.3 Å². The van der Waals surface area contributed by atoms with Crippen LogP contribution in [0.4, 0.5) is 5.69 Å². The number of hydrogen-bond donors (Lipinski definition) is 1. The second-order valence-electron chi connectivity index (χ2n) is 5.36. The van der Waals surface area contributed by atoms with Crippen molar-refractivity contribution >= 4 is 15.5 Å². The maximum atomic E-state index is 11.5. The lowest BCUT2D eigenvalue weighted by Crippen LogP contribution is -2.32. The summed E-state index contributed by atoms with van der Waals surface area (Å²) >= 11 is 0. The number of sulfone groups is 1. The normalized spacial score (nSPS) is 22.6. The van der Waals surface area contributed by atoms with Crippen LogP contribution >= 0.6 is 0 Å². The van der Waals surface area contributed by atoms with Gasteiger partial charge in [0.25, 0.3) is 0 Å². The van der Waals surface area contributed by atoms with Crippen LogP contribution in [0, 0.1) is 0 Å². The largest absolute Gasteiger partial charge is 0.369 e. The van der Waals surface area contributed by atoms with Crippen molar-refractivity contribution < 1.29 is 8.42 Å². The molecule has 0 spiro atoms. The molecular weight excluding hydrogens is 274 g/mol. The standard InChI is InChI=1S/C14H23N3O2S/c1-4-13(15-2)14-6-5-11(9-16-14)17(3)12-7-8-20(18,19)10-12/h5-6,9,12-13,15H,4,7-8,10H2,1-3H3. The Kier molecular flexibility index (Phi) is 4.65. The number of nitrogens with one attached hydrogen (secondary N) is 1. The molecule has 1 aromatic heterocycles. The summed E-state index contributed by atoms with van der Waals surface area (Å²) in [5.74, 6) is 0.546. The quantitative estimate of drug-likeness (QED) is 0.889. The second-order valence-corrected chi connectivity index (χ2v) is 7.59. The third-order valence-corrected chi connectivity index (χ3v) is 5.80. The van der Waals surface area contributed by atoms with Crippen LogP contribution in [0.1, 0.15) is 31.5 Å². The molecule has 1 N–H and O–H groups in total. The van der Waals surface area contributed by atoms with E-state index in [1.54, 1.807) is 0 Å². The highest BCUT2D eigenvalue weighted by Gasteiger charge is 2.30. The smallest absolute Gasteiger partial charge is 0.152 e. The van der Waals surface area contributed by atoms with Crippen molar-refractivity contribution in [1.29, 1.82) is 0 Å². The molecule has 1 aliphatic rings. The Labute approximate surface area is 121 Å². The molecule has 2 unspecified atom stereocenters. The van der Waals surface area contributed by atoms with Crippen molar-refractivity contribution in [2.24, 2.45) is 0 Å². The SMILES string of the molecule is CCC(NC)c1ccc(N(C)C2CCS(=O)(=O)C2)cn1. The number of pyridine rings is 1. The van der Waals surface area contributed by atoms with E-state index in [2.05, 4.69) is 17.2 Å². The molecule has 0 radical (unpaired) electrons. The van der Waals surface area contributed by atoms with Crippen LogP contribution in [0.25, 0.3) is 0 Å². The maximum Gasteiger partial charge on any atom is 0.152 e. The maximum absolute atomic E-state index is 11.5. The van der Waals surface area contributed by atoms with Crippen LogP contribution in [-0.4, -0.2) is 45.0 Å². The average Bonchev–Trinajstić information content (AvgIpc) is 2.80. The molecule has 2 atom stereocenters. The predicted molar refractivity (Wildman–Crippen MR) is 81.8 cm³/mol. The van der Waals surface area contributed by atoms with Crippen LogP contribution in [-0.2, 0) is 9.84 Å². The molecule has 0 saturated carbocycles. The minimum atomic E-state index is -2.85. The summed E-state index contributed by atoms with van der Waals surface area (Å²) in [4.78, 5) is 6.53. The van der Waals surface area contributed by atoms with Gasteiger partial charge in [-0.05, 0) is 32.0 Å². The van der Waals surface area contributed by atoms with Gasteiger partial charge >= 0.3 is 0 Å². The molecule has 2 rings (SSSR count). The van der Waals surface area contributed by atoms with Gasteiger partial charge in [-0.1, -0.05) is 6.92 Å². The molecular formula is C14H23N3O2S. The molecule has 112 valence electrons. The average molecular weight is 297 g/mol. The minimum absolute atomic E-state index is 0.0684. The number of rotatable bonds is 5. The van der Waals surface area contributed by atoms with Crippen molar-refractivity contribution in [3.8, 4) is 0 Å². The van der Waals surface area contributed by atoms with Gasteiger partial charge in [-0.25, -0.2) is 8.42 Å². The highest BCUT2D eigenvalue weighted by Crippen LogP contribution is 2.23. The van der Waals surface area contributed by atoms with Crippen LogP contribution < -0.4 is 10.2 Å². The molecule has 1 aliphatic heterocycles. The zero-order chi connectivity index (χ0) is 14.8. The topological polar surface area (TPSA) is 62.3 Å². The van der Waals surface area contributed by atoms with Crippen molar-refractivity contribution in [3.05, 3.63) is 24.0 Å². The molecule has 20 heavy (non-hydrogen) atoms. The Bertz CT molecular complexity index is 538. The summed E-state index contributed by atoms with van der Waals surface area (Å²) in [5, 5.41) is 3.23. The lowest BCUT2D eigenvalue weighted by Gasteiger charge is -2.25. The van der Waals surface area contributed by atoms with Gasteiger partial charge in [0.15, 0.2) is 9.84 Å². The Balaban J connectivity index is 2.10. The van der Waals surface area contributed by atoms with E-state index in [1.165, 1.54) is 0 Å². The first-order chi connectivity index (χ1) is 9.46. The van der Waals surface area contributed by atoms with E-state index in [0.717, 1.165) is 17.8 Å². The van der Waals surface area contributed by atoms with Gasteiger partial charge in [0.2, 0.25) is 0 Å². The fourth-order valence-electron chi connectivity index (χ4n) is 2.67. The van der Waals surface area contributed by atoms with E-state index in [1.807, 2.05) is 37.3 Å². The van der Waals surface area contributed by atoms with E-state index in [9.17, 15) is 8.42 Å². The third-order valence-electron chi connectivity index (χ3n) is 4.05. The van der Waals surface area contributed by atoms with Gasteiger partial charge in [-0.15, -0.1) is 0 Å². The fourth-order valence-corrected chi connectivity index (χ4v) is 4.44. The predicted octanol–water partition coefficient (Wildman–Crippen LogP) is 1.38. The number of hydrogen-bond acceptors (Lipinski definition) is 5. The van der Waals surface area contributed by atoms with Gasteiger partial charge in [-0.3, -0.25) is 4.98 Å². The van der Waals surface area contributed by atoms with Crippen LogP contribution in [0.2, 0.25) is 0 Å². The highest BCUT2D eigenvalue weighted by atomic mass is 32.2. The van der Waals surface area contributed by atoms with Gasteiger partial charge < -0.3 is 10.2 Å². The minimum Gasteiger partial charge on any atom is -0.369 e. The summed E-state index contributed by atoms with van der Waals surface area (Å²) in [5.41, 5.74) is 1.99. The molecule has 5 nitrogen and oxygen atoms in total. The zero-order valence-electron chi connectivity index (χ0n) is 12.3. The molecule has 1 fully saturated rings. The van der Waals surface area contributed by atoms with E-state index in [-0.39, 0.29) is 17.8 Å². The monoisotopic (exact) mass is 297 g/mol. The second kappa shape index (κ2) is 6.10. The zero-order valence-corrected chi connectivity index (χ0v) is 13.2. The summed E-state index contributed by atoms with van der Waals surface area (Å²) in [6, 6.07) is 4.37. The first-order valence-corrected chi connectivity index (χ1v) is 8.85. The van der Waals surface area contributed by atoms with Gasteiger partial charge in [0, 0.05) is 19.1 Å². The molecule has 0 aromatic carbocycles.